The van der Waals surface area contributed by atoms with Crippen molar-refractivity contribution in [2.75, 3.05) is 19.6 Å². The van der Waals surface area contributed by atoms with Crippen LogP contribution in [-0.4, -0.2) is 44.2 Å². The van der Waals surface area contributed by atoms with Crippen molar-refractivity contribution in [2.24, 2.45) is 0 Å². The van der Waals surface area contributed by atoms with Crippen molar-refractivity contribution in [3.05, 3.63) is 52.2 Å². The SMILES string of the molecule is O=C(CCCNC(=O)c1cccs1)NCc1ccc(S(=O)(=O)N2CCCCC2)cc1. The van der Waals surface area contributed by atoms with Gasteiger partial charge < -0.3 is 10.6 Å². The normalized spacial score (nSPS) is 14.9. The van der Waals surface area contributed by atoms with Crippen LogP contribution in [0.5, 0.6) is 0 Å². The Labute approximate surface area is 181 Å². The van der Waals surface area contributed by atoms with Gasteiger partial charge in [-0.15, -0.1) is 11.3 Å². The van der Waals surface area contributed by atoms with E-state index in [-0.39, 0.29) is 11.8 Å². The second-order valence-corrected chi connectivity index (χ2v) is 10.1. The largest absolute Gasteiger partial charge is 0.352 e. The number of nitrogens with one attached hydrogen (secondary N) is 2. The quantitative estimate of drug-likeness (QED) is 0.576. The molecule has 1 aromatic heterocycles. The van der Waals surface area contributed by atoms with Crippen molar-refractivity contribution in [3.8, 4) is 0 Å². The first kappa shape index (κ1) is 22.5. The number of sulfonamides is 1. The van der Waals surface area contributed by atoms with Crippen molar-refractivity contribution >= 4 is 33.2 Å². The van der Waals surface area contributed by atoms with Gasteiger partial charge in [-0.2, -0.15) is 4.31 Å². The van der Waals surface area contributed by atoms with Gasteiger partial charge in [-0.25, -0.2) is 8.42 Å². The summed E-state index contributed by atoms with van der Waals surface area (Å²) in [5.41, 5.74) is 0.840. The number of benzene rings is 1. The summed E-state index contributed by atoms with van der Waals surface area (Å²) in [4.78, 5) is 24.8. The molecule has 2 N–H and O–H groups in total. The van der Waals surface area contributed by atoms with E-state index in [0.717, 1.165) is 24.8 Å². The van der Waals surface area contributed by atoms with E-state index in [1.165, 1.54) is 11.3 Å². The average Bonchev–Trinajstić information content (AvgIpc) is 3.31. The minimum absolute atomic E-state index is 0.106. The molecule has 1 aliphatic rings. The molecule has 0 radical (unpaired) electrons. The molecule has 2 heterocycles. The zero-order valence-corrected chi connectivity index (χ0v) is 18.4. The lowest BCUT2D eigenvalue weighted by Crippen LogP contribution is -2.35. The summed E-state index contributed by atoms with van der Waals surface area (Å²) in [6, 6.07) is 10.3. The van der Waals surface area contributed by atoms with Crippen molar-refractivity contribution in [2.45, 2.75) is 43.5 Å². The van der Waals surface area contributed by atoms with Gasteiger partial charge in [0.15, 0.2) is 0 Å². The van der Waals surface area contributed by atoms with Gasteiger partial charge in [-0.1, -0.05) is 24.6 Å². The van der Waals surface area contributed by atoms with Gasteiger partial charge in [0.2, 0.25) is 15.9 Å². The average molecular weight is 450 g/mol. The fourth-order valence-corrected chi connectivity index (χ4v) is 5.43. The molecular formula is C21H27N3O4S2. The fourth-order valence-electron chi connectivity index (χ4n) is 3.27. The Hall–Kier alpha value is -2.23. The molecule has 0 saturated carbocycles. The second-order valence-electron chi connectivity index (χ2n) is 7.22. The lowest BCUT2D eigenvalue weighted by Gasteiger charge is -2.25. The van der Waals surface area contributed by atoms with Crippen LogP contribution in [0.1, 0.15) is 47.3 Å². The van der Waals surface area contributed by atoms with Gasteiger partial charge in [-0.05, 0) is 48.4 Å². The smallest absolute Gasteiger partial charge is 0.261 e. The third kappa shape index (κ3) is 6.13. The van der Waals surface area contributed by atoms with Crippen molar-refractivity contribution in [1.29, 1.82) is 0 Å². The van der Waals surface area contributed by atoms with Crippen molar-refractivity contribution < 1.29 is 18.0 Å². The number of carbonyl (C=O) groups is 2. The fraction of sp³-hybridized carbons (Fsp3) is 0.429. The molecule has 30 heavy (non-hydrogen) atoms. The van der Waals surface area contributed by atoms with Crippen LogP contribution in [0.2, 0.25) is 0 Å². The summed E-state index contributed by atoms with van der Waals surface area (Å²) in [5.74, 6) is -0.226. The van der Waals surface area contributed by atoms with Crippen LogP contribution in [0.3, 0.4) is 0 Å². The number of hydrogen-bond acceptors (Lipinski definition) is 5. The molecule has 1 aliphatic heterocycles. The highest BCUT2D eigenvalue weighted by atomic mass is 32.2. The van der Waals surface area contributed by atoms with Gasteiger partial charge in [0, 0.05) is 32.6 Å². The summed E-state index contributed by atoms with van der Waals surface area (Å²) < 4.78 is 26.9. The lowest BCUT2D eigenvalue weighted by molar-refractivity contribution is -0.121. The molecule has 1 aromatic carbocycles. The topological polar surface area (TPSA) is 95.6 Å². The van der Waals surface area contributed by atoms with Gasteiger partial charge in [-0.3, -0.25) is 9.59 Å². The maximum atomic E-state index is 12.7. The summed E-state index contributed by atoms with van der Waals surface area (Å²) in [6.07, 6.45) is 3.75. The van der Waals surface area contributed by atoms with Gasteiger partial charge in [0.1, 0.15) is 0 Å². The summed E-state index contributed by atoms with van der Waals surface area (Å²) in [7, 11) is -3.44. The van der Waals surface area contributed by atoms with E-state index in [0.29, 0.717) is 48.8 Å². The van der Waals surface area contributed by atoms with Crippen LogP contribution in [0.25, 0.3) is 0 Å². The molecule has 7 nitrogen and oxygen atoms in total. The first-order valence-electron chi connectivity index (χ1n) is 10.1. The summed E-state index contributed by atoms with van der Waals surface area (Å²) in [5, 5.41) is 7.46. The highest BCUT2D eigenvalue weighted by Crippen LogP contribution is 2.20. The van der Waals surface area contributed by atoms with Gasteiger partial charge >= 0.3 is 0 Å². The van der Waals surface area contributed by atoms with Crippen LogP contribution >= 0.6 is 11.3 Å². The molecule has 0 bridgehead atoms. The highest BCUT2D eigenvalue weighted by molar-refractivity contribution is 7.89. The third-order valence-electron chi connectivity index (χ3n) is 4.98. The second kappa shape index (κ2) is 10.7. The monoisotopic (exact) mass is 449 g/mol. The zero-order valence-electron chi connectivity index (χ0n) is 16.8. The number of hydrogen-bond donors (Lipinski definition) is 2. The molecule has 0 atom stereocenters. The number of amides is 2. The number of nitrogens with zero attached hydrogens (tertiary/aromatic N) is 1. The Morgan fingerprint density at radius 3 is 2.40 bits per heavy atom. The summed E-state index contributed by atoms with van der Waals surface area (Å²) in [6.45, 7) is 1.93. The Kier molecular flexibility index (Phi) is 8.01. The van der Waals surface area contributed by atoms with E-state index < -0.39 is 10.0 Å². The molecule has 9 heteroatoms. The Balaban J connectivity index is 1.39. The van der Waals surface area contributed by atoms with Crippen LogP contribution in [0.4, 0.5) is 0 Å². The molecule has 1 fully saturated rings. The number of rotatable bonds is 9. The van der Waals surface area contributed by atoms with E-state index in [2.05, 4.69) is 10.6 Å². The van der Waals surface area contributed by atoms with Crippen molar-refractivity contribution in [1.82, 2.24) is 14.9 Å². The maximum Gasteiger partial charge on any atom is 0.261 e. The predicted octanol–water partition coefficient (Wildman–Crippen LogP) is 2.75. The van der Waals surface area contributed by atoms with Crippen molar-refractivity contribution in [3.63, 3.8) is 0 Å². The third-order valence-corrected chi connectivity index (χ3v) is 7.76. The molecule has 2 amide bonds. The van der Waals surface area contributed by atoms with Crippen LogP contribution in [-0.2, 0) is 21.4 Å². The van der Waals surface area contributed by atoms with Gasteiger partial charge in [0.25, 0.3) is 5.91 Å². The molecule has 162 valence electrons. The Morgan fingerprint density at radius 1 is 1.00 bits per heavy atom. The summed E-state index contributed by atoms with van der Waals surface area (Å²) >= 11 is 1.38. The number of piperidine rings is 1. The molecule has 0 unspecified atom stereocenters. The lowest BCUT2D eigenvalue weighted by atomic mass is 10.2. The maximum absolute atomic E-state index is 12.7. The van der Waals surface area contributed by atoms with E-state index in [1.807, 2.05) is 11.4 Å². The minimum atomic E-state index is -3.44. The van der Waals surface area contributed by atoms with Crippen LogP contribution < -0.4 is 10.6 Å². The van der Waals surface area contributed by atoms with Crippen LogP contribution in [0.15, 0.2) is 46.7 Å². The van der Waals surface area contributed by atoms with E-state index in [4.69, 9.17) is 0 Å². The van der Waals surface area contributed by atoms with Crippen LogP contribution in [0, 0.1) is 0 Å². The van der Waals surface area contributed by atoms with E-state index in [1.54, 1.807) is 34.6 Å². The molecular weight excluding hydrogens is 422 g/mol. The Bertz CT molecular complexity index is 935. The molecule has 2 aromatic rings. The molecule has 0 spiro atoms. The first-order chi connectivity index (χ1) is 14.5. The minimum Gasteiger partial charge on any atom is -0.352 e. The zero-order chi connectivity index (χ0) is 21.4. The standard InChI is InChI=1S/C21H27N3O4S2/c25-20(7-4-12-22-21(26)19-6-5-15-29-19)23-16-17-8-10-18(11-9-17)30(27,28)24-13-2-1-3-14-24/h5-6,8-11,15H,1-4,7,12-14,16H2,(H,22,26)(H,23,25). The molecule has 0 aliphatic carbocycles. The molecule has 3 rings (SSSR count). The number of carbonyl (C=O) groups excluding carboxylic acids is 2. The highest BCUT2D eigenvalue weighted by Gasteiger charge is 2.25. The van der Waals surface area contributed by atoms with E-state index >= 15 is 0 Å². The first-order valence-corrected chi connectivity index (χ1v) is 12.5. The predicted molar refractivity (Wildman–Crippen MR) is 117 cm³/mol. The van der Waals surface area contributed by atoms with E-state index in [9.17, 15) is 18.0 Å². The molecule has 1 saturated heterocycles. The van der Waals surface area contributed by atoms with Gasteiger partial charge in [0.05, 0.1) is 9.77 Å². The number of thiophene rings is 1. The Morgan fingerprint density at radius 2 is 1.73 bits per heavy atom.